The van der Waals surface area contributed by atoms with Crippen molar-refractivity contribution in [1.29, 1.82) is 0 Å². The van der Waals surface area contributed by atoms with Gasteiger partial charge in [0, 0.05) is 30.4 Å². The molecule has 0 unspecified atom stereocenters. The number of hydrogen-bond donors (Lipinski definition) is 0. The van der Waals surface area contributed by atoms with Gasteiger partial charge in [0.05, 0.1) is 6.61 Å². The van der Waals surface area contributed by atoms with E-state index >= 15 is 0 Å². The van der Waals surface area contributed by atoms with Gasteiger partial charge in [0.1, 0.15) is 0 Å². The highest BCUT2D eigenvalue weighted by atomic mass is 79.9. The molecule has 0 aromatic heterocycles. The predicted molar refractivity (Wildman–Crippen MR) is 83.8 cm³/mol. The zero-order valence-electron chi connectivity index (χ0n) is 11.9. The standard InChI is InChI=1S/C16H24BrNO/c1-14(15-6-4-3-5-7-15)18-11-9-16(12-18,8-10-17)13-19-2/h3-7,14H,8-13H2,1-2H3/t14-,16-/m1/s1. The summed E-state index contributed by atoms with van der Waals surface area (Å²) < 4.78 is 5.47. The van der Waals surface area contributed by atoms with Crippen LogP contribution >= 0.6 is 15.9 Å². The van der Waals surface area contributed by atoms with Crippen LogP contribution in [0.25, 0.3) is 0 Å². The van der Waals surface area contributed by atoms with Gasteiger partial charge in [-0.3, -0.25) is 4.90 Å². The molecule has 1 aliphatic rings. The summed E-state index contributed by atoms with van der Waals surface area (Å²) in [6.07, 6.45) is 2.43. The molecule has 1 heterocycles. The van der Waals surface area contributed by atoms with Gasteiger partial charge in [0.2, 0.25) is 0 Å². The molecule has 0 saturated carbocycles. The Morgan fingerprint density at radius 1 is 1.37 bits per heavy atom. The number of rotatable bonds is 6. The highest BCUT2D eigenvalue weighted by Crippen LogP contribution is 2.38. The van der Waals surface area contributed by atoms with Crippen molar-refractivity contribution in [1.82, 2.24) is 4.90 Å². The smallest absolute Gasteiger partial charge is 0.0531 e. The zero-order chi connectivity index (χ0) is 13.7. The number of methoxy groups -OCH3 is 1. The number of alkyl halides is 1. The van der Waals surface area contributed by atoms with Crippen molar-refractivity contribution >= 4 is 15.9 Å². The van der Waals surface area contributed by atoms with Crippen LogP contribution in [0.1, 0.15) is 31.4 Å². The summed E-state index contributed by atoms with van der Waals surface area (Å²) in [6, 6.07) is 11.3. The Morgan fingerprint density at radius 3 is 2.74 bits per heavy atom. The third-order valence-corrected chi connectivity index (χ3v) is 4.77. The molecule has 1 saturated heterocycles. The molecule has 0 amide bonds. The van der Waals surface area contributed by atoms with Crippen LogP contribution in [0.5, 0.6) is 0 Å². The van der Waals surface area contributed by atoms with Crippen molar-refractivity contribution in [3.63, 3.8) is 0 Å². The van der Waals surface area contributed by atoms with Crippen molar-refractivity contribution in [2.45, 2.75) is 25.8 Å². The molecular formula is C16H24BrNO. The largest absolute Gasteiger partial charge is 0.384 e. The Hall–Kier alpha value is -0.380. The lowest BCUT2D eigenvalue weighted by atomic mass is 9.85. The topological polar surface area (TPSA) is 12.5 Å². The summed E-state index contributed by atoms with van der Waals surface area (Å²) >= 11 is 3.59. The molecule has 0 radical (unpaired) electrons. The highest BCUT2D eigenvalue weighted by Gasteiger charge is 2.39. The number of halogens is 1. The van der Waals surface area contributed by atoms with E-state index in [-0.39, 0.29) is 0 Å². The van der Waals surface area contributed by atoms with Crippen molar-refractivity contribution in [3.8, 4) is 0 Å². The third kappa shape index (κ3) is 3.59. The zero-order valence-corrected chi connectivity index (χ0v) is 13.5. The van der Waals surface area contributed by atoms with Crippen LogP contribution in [0.2, 0.25) is 0 Å². The van der Waals surface area contributed by atoms with E-state index in [0.717, 1.165) is 18.5 Å². The van der Waals surface area contributed by atoms with Crippen LogP contribution in [0.15, 0.2) is 30.3 Å². The minimum Gasteiger partial charge on any atom is -0.384 e. The van der Waals surface area contributed by atoms with Crippen molar-refractivity contribution < 1.29 is 4.74 Å². The van der Waals surface area contributed by atoms with E-state index in [2.05, 4.69) is 58.1 Å². The molecule has 19 heavy (non-hydrogen) atoms. The van der Waals surface area contributed by atoms with Gasteiger partial charge >= 0.3 is 0 Å². The predicted octanol–water partition coefficient (Wildman–Crippen LogP) is 3.87. The van der Waals surface area contributed by atoms with Gasteiger partial charge in [-0.25, -0.2) is 0 Å². The lowest BCUT2D eigenvalue weighted by molar-refractivity contribution is 0.0774. The molecule has 2 nitrogen and oxygen atoms in total. The van der Waals surface area contributed by atoms with Crippen LogP contribution in [-0.2, 0) is 4.74 Å². The fourth-order valence-electron chi connectivity index (χ4n) is 3.14. The van der Waals surface area contributed by atoms with Crippen LogP contribution in [0, 0.1) is 5.41 Å². The second-order valence-electron chi connectivity index (χ2n) is 5.68. The first-order valence-electron chi connectivity index (χ1n) is 7.05. The molecular weight excluding hydrogens is 302 g/mol. The average molecular weight is 326 g/mol. The molecule has 1 aliphatic heterocycles. The Morgan fingerprint density at radius 2 is 2.11 bits per heavy atom. The molecule has 1 aromatic rings. The summed E-state index contributed by atoms with van der Waals surface area (Å²) in [5, 5.41) is 1.06. The Kier molecular flexibility index (Phi) is 5.43. The maximum Gasteiger partial charge on any atom is 0.0531 e. The summed E-state index contributed by atoms with van der Waals surface area (Å²) in [6.45, 7) is 5.50. The highest BCUT2D eigenvalue weighted by molar-refractivity contribution is 9.09. The SMILES string of the molecule is COC[C@]1(CCBr)CCN([C@H](C)c2ccccc2)C1. The van der Waals surface area contributed by atoms with Gasteiger partial charge in [0.15, 0.2) is 0 Å². The first-order chi connectivity index (χ1) is 9.21. The molecule has 0 aliphatic carbocycles. The fourth-order valence-corrected chi connectivity index (χ4v) is 3.98. The Balaban J connectivity index is 2.04. The monoisotopic (exact) mass is 325 g/mol. The lowest BCUT2D eigenvalue weighted by Crippen LogP contribution is -2.32. The van der Waals surface area contributed by atoms with Crippen LogP contribution in [-0.4, -0.2) is 37.0 Å². The van der Waals surface area contributed by atoms with Crippen LogP contribution < -0.4 is 0 Å². The Bertz CT molecular complexity index is 376. The van der Waals surface area contributed by atoms with E-state index in [4.69, 9.17) is 4.74 Å². The van der Waals surface area contributed by atoms with Gasteiger partial charge in [-0.05, 0) is 31.9 Å². The van der Waals surface area contributed by atoms with E-state index in [1.54, 1.807) is 0 Å². The van der Waals surface area contributed by atoms with Crippen LogP contribution in [0.3, 0.4) is 0 Å². The maximum absolute atomic E-state index is 5.47. The minimum absolute atomic E-state index is 0.335. The quantitative estimate of drug-likeness (QED) is 0.736. The lowest BCUT2D eigenvalue weighted by Gasteiger charge is -2.30. The first kappa shape index (κ1) is 15.0. The number of benzene rings is 1. The second-order valence-corrected chi connectivity index (χ2v) is 6.47. The molecule has 0 bridgehead atoms. The van der Waals surface area contributed by atoms with E-state index in [9.17, 15) is 0 Å². The molecule has 1 fully saturated rings. The first-order valence-corrected chi connectivity index (χ1v) is 8.17. The summed E-state index contributed by atoms with van der Waals surface area (Å²) in [7, 11) is 1.82. The second kappa shape index (κ2) is 6.87. The maximum atomic E-state index is 5.47. The van der Waals surface area contributed by atoms with Gasteiger partial charge in [-0.2, -0.15) is 0 Å². The van der Waals surface area contributed by atoms with Gasteiger partial charge in [0.25, 0.3) is 0 Å². The van der Waals surface area contributed by atoms with Crippen molar-refractivity contribution in [2.24, 2.45) is 5.41 Å². The number of nitrogens with zero attached hydrogens (tertiary/aromatic N) is 1. The minimum atomic E-state index is 0.335. The third-order valence-electron chi connectivity index (χ3n) is 4.37. The molecule has 1 aromatic carbocycles. The fraction of sp³-hybridized carbons (Fsp3) is 0.625. The van der Waals surface area contributed by atoms with Gasteiger partial charge in [-0.1, -0.05) is 46.3 Å². The normalized spacial score (nSPS) is 25.6. The number of likely N-dealkylation sites (tertiary alicyclic amines) is 1. The van der Waals surface area contributed by atoms with Crippen LogP contribution in [0.4, 0.5) is 0 Å². The van der Waals surface area contributed by atoms with E-state index < -0.39 is 0 Å². The van der Waals surface area contributed by atoms with Gasteiger partial charge in [-0.15, -0.1) is 0 Å². The Labute approximate surface area is 125 Å². The number of ether oxygens (including phenoxy) is 1. The average Bonchev–Trinajstić information content (AvgIpc) is 2.84. The molecule has 106 valence electrons. The van der Waals surface area contributed by atoms with E-state index in [1.807, 2.05) is 7.11 Å². The van der Waals surface area contributed by atoms with Crippen molar-refractivity contribution in [3.05, 3.63) is 35.9 Å². The number of hydrogen-bond acceptors (Lipinski definition) is 2. The van der Waals surface area contributed by atoms with E-state index in [0.29, 0.717) is 11.5 Å². The van der Waals surface area contributed by atoms with Crippen molar-refractivity contribution in [2.75, 3.05) is 32.1 Å². The van der Waals surface area contributed by atoms with E-state index in [1.165, 1.54) is 24.9 Å². The molecule has 0 spiro atoms. The summed E-state index contributed by atoms with van der Waals surface area (Å²) in [4.78, 5) is 2.59. The molecule has 3 heteroatoms. The van der Waals surface area contributed by atoms with Gasteiger partial charge < -0.3 is 4.74 Å². The summed E-state index contributed by atoms with van der Waals surface area (Å²) in [5.41, 5.74) is 1.75. The molecule has 0 N–H and O–H groups in total. The molecule has 2 rings (SSSR count). The molecule has 2 atom stereocenters. The summed E-state index contributed by atoms with van der Waals surface area (Å²) in [5.74, 6) is 0.